The van der Waals surface area contributed by atoms with Gasteiger partial charge >= 0.3 is 0 Å². The second-order valence-corrected chi connectivity index (χ2v) is 5.51. The molecule has 4 heteroatoms. The Balaban J connectivity index is 1.96. The van der Waals surface area contributed by atoms with Crippen molar-refractivity contribution in [1.82, 2.24) is 10.3 Å². The molecule has 0 radical (unpaired) electrons. The molecule has 1 heterocycles. The van der Waals surface area contributed by atoms with Crippen LogP contribution in [-0.2, 0) is 6.54 Å². The highest BCUT2D eigenvalue weighted by molar-refractivity contribution is 9.10. The van der Waals surface area contributed by atoms with Gasteiger partial charge in [0, 0.05) is 29.3 Å². The number of halogens is 1. The van der Waals surface area contributed by atoms with Crippen LogP contribution in [0.4, 0.5) is 0 Å². The quantitative estimate of drug-likeness (QED) is 0.899. The van der Waals surface area contributed by atoms with Crippen LogP contribution in [0.1, 0.15) is 19.4 Å². The first-order valence-corrected chi connectivity index (χ1v) is 7.04. The zero-order valence-corrected chi connectivity index (χ0v) is 12.6. The van der Waals surface area contributed by atoms with Crippen LogP contribution in [-0.4, -0.2) is 11.0 Å². The summed E-state index contributed by atoms with van der Waals surface area (Å²) >= 11 is 3.39. The molecule has 0 unspecified atom stereocenters. The molecule has 3 nitrogen and oxygen atoms in total. The first-order valence-electron chi connectivity index (χ1n) is 6.25. The minimum Gasteiger partial charge on any atom is -0.439 e. The number of aromatic nitrogens is 1. The van der Waals surface area contributed by atoms with E-state index in [9.17, 15) is 0 Å². The Labute approximate surface area is 122 Å². The van der Waals surface area contributed by atoms with E-state index in [0.29, 0.717) is 11.9 Å². The summed E-state index contributed by atoms with van der Waals surface area (Å²) in [6, 6.07) is 12.1. The lowest BCUT2D eigenvalue weighted by atomic mass is 10.2. The van der Waals surface area contributed by atoms with Crippen LogP contribution in [0.2, 0.25) is 0 Å². The average Bonchev–Trinajstić information content (AvgIpc) is 2.40. The highest BCUT2D eigenvalue weighted by Crippen LogP contribution is 2.21. The molecule has 0 atom stereocenters. The topological polar surface area (TPSA) is 34.1 Å². The number of hydrogen-bond donors (Lipinski definition) is 1. The Bertz CT molecular complexity index is 509. The predicted octanol–water partition coefficient (Wildman–Crippen LogP) is 4.13. The van der Waals surface area contributed by atoms with Crippen LogP contribution >= 0.6 is 15.9 Å². The minimum atomic E-state index is 0.471. The van der Waals surface area contributed by atoms with Gasteiger partial charge in [-0.15, -0.1) is 0 Å². The number of nitrogens with one attached hydrogen (secondary N) is 1. The van der Waals surface area contributed by atoms with Gasteiger partial charge in [0.1, 0.15) is 5.75 Å². The molecule has 2 aromatic rings. The zero-order valence-electron chi connectivity index (χ0n) is 11.1. The number of ether oxygens (including phenoxy) is 1. The molecule has 2 rings (SSSR count). The molecule has 19 heavy (non-hydrogen) atoms. The fraction of sp³-hybridized carbons (Fsp3) is 0.267. The van der Waals surface area contributed by atoms with Crippen molar-refractivity contribution in [1.29, 1.82) is 0 Å². The van der Waals surface area contributed by atoms with Crippen LogP contribution in [0, 0.1) is 0 Å². The Kier molecular flexibility index (Phi) is 4.93. The first kappa shape index (κ1) is 14.0. The molecule has 0 saturated heterocycles. The molecule has 1 aromatic carbocycles. The normalized spacial score (nSPS) is 10.7. The highest BCUT2D eigenvalue weighted by atomic mass is 79.9. The van der Waals surface area contributed by atoms with Gasteiger partial charge in [0.25, 0.3) is 0 Å². The molecule has 0 bridgehead atoms. The molecule has 0 aliphatic carbocycles. The van der Waals surface area contributed by atoms with Crippen molar-refractivity contribution in [2.75, 3.05) is 0 Å². The maximum atomic E-state index is 5.66. The van der Waals surface area contributed by atoms with E-state index < -0.39 is 0 Å². The number of benzene rings is 1. The SMILES string of the molecule is CC(C)NCc1ccc(Oc2ccc(Br)cc2)nc1. The summed E-state index contributed by atoms with van der Waals surface area (Å²) in [5.41, 5.74) is 1.15. The van der Waals surface area contributed by atoms with Gasteiger partial charge in [-0.25, -0.2) is 4.98 Å². The monoisotopic (exact) mass is 320 g/mol. The van der Waals surface area contributed by atoms with Gasteiger partial charge in [0.05, 0.1) is 0 Å². The molecule has 0 aliphatic heterocycles. The summed E-state index contributed by atoms with van der Waals surface area (Å²) in [6.07, 6.45) is 1.84. The van der Waals surface area contributed by atoms with Crippen LogP contribution in [0.3, 0.4) is 0 Å². The maximum Gasteiger partial charge on any atom is 0.219 e. The third kappa shape index (κ3) is 4.65. The lowest BCUT2D eigenvalue weighted by Gasteiger charge is -2.08. The van der Waals surface area contributed by atoms with E-state index in [-0.39, 0.29) is 0 Å². The predicted molar refractivity (Wildman–Crippen MR) is 80.4 cm³/mol. The van der Waals surface area contributed by atoms with Crippen LogP contribution < -0.4 is 10.1 Å². The van der Waals surface area contributed by atoms with Gasteiger partial charge in [0.15, 0.2) is 0 Å². The Morgan fingerprint density at radius 1 is 1.16 bits per heavy atom. The van der Waals surface area contributed by atoms with Gasteiger partial charge in [-0.1, -0.05) is 35.8 Å². The van der Waals surface area contributed by atoms with E-state index in [0.717, 1.165) is 22.3 Å². The van der Waals surface area contributed by atoms with Crippen molar-refractivity contribution < 1.29 is 4.74 Å². The van der Waals surface area contributed by atoms with Crippen molar-refractivity contribution in [3.05, 3.63) is 52.6 Å². The van der Waals surface area contributed by atoms with Crippen molar-refractivity contribution in [2.45, 2.75) is 26.4 Å². The largest absolute Gasteiger partial charge is 0.439 e. The van der Waals surface area contributed by atoms with E-state index in [1.54, 1.807) is 0 Å². The molecule has 0 fully saturated rings. The summed E-state index contributed by atoms with van der Waals surface area (Å²) < 4.78 is 6.69. The molecule has 1 aromatic heterocycles. The van der Waals surface area contributed by atoms with Crippen LogP contribution in [0.15, 0.2) is 47.1 Å². The summed E-state index contributed by atoms with van der Waals surface area (Å²) in [4.78, 5) is 4.30. The van der Waals surface area contributed by atoms with Crippen molar-refractivity contribution in [2.24, 2.45) is 0 Å². The van der Waals surface area contributed by atoms with Crippen molar-refractivity contribution >= 4 is 15.9 Å². The number of hydrogen-bond acceptors (Lipinski definition) is 3. The Hall–Kier alpha value is -1.39. The van der Waals surface area contributed by atoms with E-state index in [1.807, 2.05) is 42.6 Å². The fourth-order valence-corrected chi connectivity index (χ4v) is 1.79. The highest BCUT2D eigenvalue weighted by Gasteiger charge is 2.00. The van der Waals surface area contributed by atoms with Crippen LogP contribution in [0.25, 0.3) is 0 Å². The lowest BCUT2D eigenvalue weighted by Crippen LogP contribution is -2.21. The van der Waals surface area contributed by atoms with Crippen LogP contribution in [0.5, 0.6) is 11.6 Å². The first-order chi connectivity index (χ1) is 9.13. The van der Waals surface area contributed by atoms with Gasteiger partial charge in [-0.05, 0) is 29.8 Å². The van der Waals surface area contributed by atoms with E-state index in [4.69, 9.17) is 4.74 Å². The summed E-state index contributed by atoms with van der Waals surface area (Å²) in [5, 5.41) is 3.35. The van der Waals surface area contributed by atoms with Gasteiger partial charge < -0.3 is 10.1 Å². The van der Waals surface area contributed by atoms with Gasteiger partial charge in [-0.2, -0.15) is 0 Å². The summed E-state index contributed by atoms with van der Waals surface area (Å²) in [6.45, 7) is 5.07. The molecular weight excluding hydrogens is 304 g/mol. The molecule has 100 valence electrons. The Morgan fingerprint density at radius 2 is 1.89 bits per heavy atom. The average molecular weight is 321 g/mol. The molecule has 0 spiro atoms. The number of nitrogens with zero attached hydrogens (tertiary/aromatic N) is 1. The maximum absolute atomic E-state index is 5.66. The second kappa shape index (κ2) is 6.68. The second-order valence-electron chi connectivity index (χ2n) is 4.60. The van der Waals surface area contributed by atoms with E-state index in [2.05, 4.69) is 40.1 Å². The molecule has 0 saturated carbocycles. The molecular formula is C15H17BrN2O. The number of rotatable bonds is 5. The summed E-state index contributed by atoms with van der Waals surface area (Å²) in [7, 11) is 0. The van der Waals surface area contributed by atoms with Crippen molar-refractivity contribution in [3.63, 3.8) is 0 Å². The standard InChI is InChI=1S/C15H17BrN2O/c1-11(2)17-9-12-3-8-15(18-10-12)19-14-6-4-13(16)5-7-14/h3-8,10-11,17H,9H2,1-2H3. The fourth-order valence-electron chi connectivity index (χ4n) is 1.52. The third-order valence-corrected chi connectivity index (χ3v) is 3.08. The molecule has 1 N–H and O–H groups in total. The smallest absolute Gasteiger partial charge is 0.219 e. The Morgan fingerprint density at radius 3 is 2.47 bits per heavy atom. The summed E-state index contributed by atoms with van der Waals surface area (Å²) in [5.74, 6) is 1.39. The minimum absolute atomic E-state index is 0.471. The number of pyridine rings is 1. The van der Waals surface area contributed by atoms with E-state index in [1.165, 1.54) is 0 Å². The van der Waals surface area contributed by atoms with E-state index >= 15 is 0 Å². The lowest BCUT2D eigenvalue weighted by molar-refractivity contribution is 0.462. The third-order valence-electron chi connectivity index (χ3n) is 2.55. The van der Waals surface area contributed by atoms with Gasteiger partial charge in [-0.3, -0.25) is 0 Å². The van der Waals surface area contributed by atoms with Gasteiger partial charge in [0.2, 0.25) is 5.88 Å². The molecule has 0 aliphatic rings. The molecule has 0 amide bonds. The zero-order chi connectivity index (χ0) is 13.7. The van der Waals surface area contributed by atoms with Crippen molar-refractivity contribution in [3.8, 4) is 11.6 Å².